The summed E-state index contributed by atoms with van der Waals surface area (Å²) in [6.07, 6.45) is 0. The van der Waals surface area contributed by atoms with Gasteiger partial charge in [0.1, 0.15) is 0 Å². The molecule has 2 aromatic rings. The molecule has 0 aliphatic rings. The highest BCUT2D eigenvalue weighted by molar-refractivity contribution is 6.34. The maximum atomic E-state index is 12.1. The fourth-order valence-corrected chi connectivity index (χ4v) is 2.11. The third-order valence-corrected chi connectivity index (χ3v) is 3.18. The number of carbonyl (C=O) groups excluding carboxylic acids is 1. The van der Waals surface area contributed by atoms with Gasteiger partial charge < -0.3 is 10.4 Å². The van der Waals surface area contributed by atoms with Crippen molar-refractivity contribution < 1.29 is 14.7 Å². The number of amides is 1. The van der Waals surface area contributed by atoms with E-state index in [0.29, 0.717) is 16.1 Å². The molecule has 2 N–H and O–H groups in total. The van der Waals surface area contributed by atoms with E-state index in [1.165, 1.54) is 0 Å². The average Bonchev–Trinajstić information content (AvgIpc) is 2.38. The zero-order chi connectivity index (χ0) is 14.7. The number of hydrogen-bond donors (Lipinski definition) is 2. The number of halogens is 1. The lowest BCUT2D eigenvalue weighted by molar-refractivity contribution is 0.0697. The molecule has 0 radical (unpaired) electrons. The van der Waals surface area contributed by atoms with Crippen LogP contribution in [0.2, 0.25) is 5.02 Å². The van der Waals surface area contributed by atoms with E-state index in [2.05, 4.69) is 5.32 Å². The van der Waals surface area contributed by atoms with E-state index >= 15 is 0 Å². The van der Waals surface area contributed by atoms with Crippen LogP contribution in [0.25, 0.3) is 0 Å². The zero-order valence-electron chi connectivity index (χ0n) is 10.7. The quantitative estimate of drug-likeness (QED) is 0.907. The molecular formula is C15H12ClNO3. The number of hydrogen-bond acceptors (Lipinski definition) is 2. The fourth-order valence-electron chi connectivity index (χ4n) is 1.89. The molecule has 0 aromatic heterocycles. The first-order valence-electron chi connectivity index (χ1n) is 5.89. The Kier molecular flexibility index (Phi) is 4.05. The predicted octanol–water partition coefficient (Wildman–Crippen LogP) is 3.60. The van der Waals surface area contributed by atoms with Crippen molar-refractivity contribution >= 4 is 29.2 Å². The van der Waals surface area contributed by atoms with Crippen LogP contribution in [0.1, 0.15) is 26.3 Å². The second-order valence-corrected chi connectivity index (χ2v) is 4.64. The molecule has 0 atom stereocenters. The van der Waals surface area contributed by atoms with Gasteiger partial charge in [0, 0.05) is 0 Å². The third-order valence-electron chi connectivity index (χ3n) is 2.85. The van der Waals surface area contributed by atoms with Crippen LogP contribution in [0.3, 0.4) is 0 Å². The van der Waals surface area contributed by atoms with Crippen molar-refractivity contribution in [3.63, 3.8) is 0 Å². The molecule has 0 heterocycles. The molecule has 0 spiro atoms. The van der Waals surface area contributed by atoms with Crippen molar-refractivity contribution in [3.05, 3.63) is 64.2 Å². The predicted molar refractivity (Wildman–Crippen MR) is 77.5 cm³/mol. The summed E-state index contributed by atoms with van der Waals surface area (Å²) in [7, 11) is 0. The first kappa shape index (κ1) is 14.1. The minimum absolute atomic E-state index is 0.0768. The summed E-state index contributed by atoms with van der Waals surface area (Å²) >= 11 is 5.94. The van der Waals surface area contributed by atoms with Crippen LogP contribution < -0.4 is 5.32 Å². The average molecular weight is 290 g/mol. The van der Waals surface area contributed by atoms with E-state index in [1.807, 2.05) is 0 Å². The molecular weight excluding hydrogens is 278 g/mol. The Hall–Kier alpha value is -2.33. The van der Waals surface area contributed by atoms with Crippen LogP contribution in [0, 0.1) is 6.92 Å². The van der Waals surface area contributed by atoms with Crippen LogP contribution in [0.15, 0.2) is 42.5 Å². The summed E-state index contributed by atoms with van der Waals surface area (Å²) in [6.45, 7) is 1.68. The van der Waals surface area contributed by atoms with E-state index < -0.39 is 11.9 Å². The molecule has 0 unspecified atom stereocenters. The largest absolute Gasteiger partial charge is 0.478 e. The Morgan fingerprint density at radius 1 is 1.10 bits per heavy atom. The number of carboxylic acid groups (broad SMARTS) is 1. The number of carboxylic acids is 1. The second-order valence-electron chi connectivity index (χ2n) is 4.24. The highest BCUT2D eigenvalue weighted by Crippen LogP contribution is 2.22. The summed E-state index contributed by atoms with van der Waals surface area (Å²) in [4.78, 5) is 23.4. The van der Waals surface area contributed by atoms with Crippen molar-refractivity contribution in [1.82, 2.24) is 0 Å². The summed E-state index contributed by atoms with van der Waals surface area (Å²) in [5.74, 6) is -1.53. The maximum absolute atomic E-state index is 12.1. The Balaban J connectivity index is 2.36. The van der Waals surface area contributed by atoms with E-state index in [1.54, 1.807) is 49.4 Å². The maximum Gasteiger partial charge on any atom is 0.338 e. The van der Waals surface area contributed by atoms with Gasteiger partial charge >= 0.3 is 5.97 Å². The molecule has 0 aliphatic heterocycles. The number of aryl methyl sites for hydroxylation is 1. The van der Waals surface area contributed by atoms with E-state index in [0.717, 1.165) is 0 Å². The minimum atomic E-state index is -1.09. The number of aromatic carboxylic acids is 1. The van der Waals surface area contributed by atoms with Crippen molar-refractivity contribution in [2.75, 3.05) is 5.32 Å². The molecule has 0 aliphatic carbocycles. The monoisotopic (exact) mass is 289 g/mol. The van der Waals surface area contributed by atoms with Gasteiger partial charge in [0.15, 0.2) is 0 Å². The van der Waals surface area contributed by atoms with E-state index in [4.69, 9.17) is 11.6 Å². The highest BCUT2D eigenvalue weighted by Gasteiger charge is 2.16. The van der Waals surface area contributed by atoms with Crippen molar-refractivity contribution in [2.24, 2.45) is 0 Å². The lowest BCUT2D eigenvalue weighted by Gasteiger charge is -2.11. The lowest BCUT2D eigenvalue weighted by Crippen LogP contribution is -2.15. The van der Waals surface area contributed by atoms with Gasteiger partial charge in [0.05, 0.1) is 21.8 Å². The molecule has 1 amide bonds. The van der Waals surface area contributed by atoms with Gasteiger partial charge in [-0.15, -0.1) is 0 Å². The van der Waals surface area contributed by atoms with Crippen molar-refractivity contribution in [3.8, 4) is 0 Å². The molecule has 0 bridgehead atoms. The zero-order valence-corrected chi connectivity index (χ0v) is 11.4. The first-order valence-corrected chi connectivity index (χ1v) is 6.27. The van der Waals surface area contributed by atoms with Gasteiger partial charge in [-0.3, -0.25) is 4.79 Å². The number of carbonyl (C=O) groups is 2. The van der Waals surface area contributed by atoms with Crippen molar-refractivity contribution in [2.45, 2.75) is 6.92 Å². The number of benzene rings is 2. The molecule has 0 saturated heterocycles. The molecule has 2 rings (SSSR count). The van der Waals surface area contributed by atoms with Crippen LogP contribution in [-0.4, -0.2) is 17.0 Å². The summed E-state index contributed by atoms with van der Waals surface area (Å²) in [5.41, 5.74) is 1.21. The minimum Gasteiger partial charge on any atom is -0.478 e. The van der Waals surface area contributed by atoms with E-state index in [-0.39, 0.29) is 11.3 Å². The highest BCUT2D eigenvalue weighted by atomic mass is 35.5. The normalized spacial score (nSPS) is 10.1. The Morgan fingerprint density at radius 2 is 1.80 bits per heavy atom. The second kappa shape index (κ2) is 5.75. The Labute approximate surface area is 121 Å². The fraction of sp³-hybridized carbons (Fsp3) is 0.0667. The molecule has 102 valence electrons. The van der Waals surface area contributed by atoms with Crippen molar-refractivity contribution in [1.29, 1.82) is 0 Å². The standard InChI is InChI=1S/C15H12ClNO3/c1-9-5-4-8-12(13(9)15(19)20)17-14(18)10-6-2-3-7-11(10)16/h2-8H,1H3,(H,17,18)(H,19,20). The third kappa shape index (κ3) is 2.81. The number of nitrogens with one attached hydrogen (secondary N) is 1. The van der Waals surface area contributed by atoms with Gasteiger partial charge in [-0.05, 0) is 30.7 Å². The van der Waals surface area contributed by atoms with Crippen LogP contribution in [-0.2, 0) is 0 Å². The van der Waals surface area contributed by atoms with Gasteiger partial charge in [-0.2, -0.15) is 0 Å². The number of anilines is 1. The van der Waals surface area contributed by atoms with Crippen LogP contribution in [0.5, 0.6) is 0 Å². The lowest BCUT2D eigenvalue weighted by atomic mass is 10.1. The topological polar surface area (TPSA) is 66.4 Å². The van der Waals surface area contributed by atoms with Gasteiger partial charge in [-0.25, -0.2) is 4.79 Å². The molecule has 0 fully saturated rings. The first-order chi connectivity index (χ1) is 9.50. The van der Waals surface area contributed by atoms with Gasteiger partial charge in [0.2, 0.25) is 0 Å². The summed E-state index contributed by atoms with van der Waals surface area (Å²) in [5, 5.41) is 12.1. The molecule has 20 heavy (non-hydrogen) atoms. The number of rotatable bonds is 3. The SMILES string of the molecule is Cc1cccc(NC(=O)c2ccccc2Cl)c1C(=O)O. The Bertz CT molecular complexity index is 683. The van der Waals surface area contributed by atoms with Crippen LogP contribution >= 0.6 is 11.6 Å². The molecule has 5 heteroatoms. The molecule has 0 saturated carbocycles. The van der Waals surface area contributed by atoms with Gasteiger partial charge in [-0.1, -0.05) is 35.9 Å². The van der Waals surface area contributed by atoms with Gasteiger partial charge in [0.25, 0.3) is 5.91 Å². The molecule has 4 nitrogen and oxygen atoms in total. The summed E-state index contributed by atoms with van der Waals surface area (Å²) in [6, 6.07) is 11.5. The Morgan fingerprint density at radius 3 is 2.45 bits per heavy atom. The summed E-state index contributed by atoms with van der Waals surface area (Å²) < 4.78 is 0. The molecule has 2 aromatic carbocycles. The van der Waals surface area contributed by atoms with E-state index in [9.17, 15) is 14.7 Å². The van der Waals surface area contributed by atoms with Crippen LogP contribution in [0.4, 0.5) is 5.69 Å². The smallest absolute Gasteiger partial charge is 0.338 e.